The first-order valence-electron chi connectivity index (χ1n) is 7.47. The molecule has 0 saturated carbocycles. The van der Waals surface area contributed by atoms with Crippen LogP contribution in [0.2, 0.25) is 0 Å². The Morgan fingerprint density at radius 2 is 2.00 bits per heavy atom. The number of aromatic nitrogens is 2. The van der Waals surface area contributed by atoms with Crippen molar-refractivity contribution in [1.82, 2.24) is 9.13 Å². The maximum atomic E-state index is 13.4. The molecule has 9 heteroatoms. The van der Waals surface area contributed by atoms with E-state index in [-0.39, 0.29) is 15.3 Å². The third-order valence-corrected chi connectivity index (χ3v) is 5.11. The van der Waals surface area contributed by atoms with Gasteiger partial charge in [0.05, 0.1) is 22.3 Å². The predicted octanol–water partition coefficient (Wildman–Crippen LogP) is 3.60. The van der Waals surface area contributed by atoms with E-state index in [2.05, 4.69) is 0 Å². The lowest BCUT2D eigenvalue weighted by atomic mass is 10.0. The average Bonchev–Trinajstić information content (AvgIpc) is 3.17. The molecule has 3 rings (SSSR count). The van der Waals surface area contributed by atoms with Crippen LogP contribution in [0.25, 0.3) is 0 Å². The van der Waals surface area contributed by atoms with Gasteiger partial charge in [0.15, 0.2) is 0 Å². The van der Waals surface area contributed by atoms with Gasteiger partial charge in [0.25, 0.3) is 0 Å². The first kappa shape index (κ1) is 17.7. The van der Waals surface area contributed by atoms with Gasteiger partial charge in [-0.3, -0.25) is 9.59 Å². The van der Waals surface area contributed by atoms with E-state index in [1.165, 1.54) is 16.9 Å². The molecule has 0 amide bonds. The first-order chi connectivity index (χ1) is 11.7. The van der Waals surface area contributed by atoms with E-state index < -0.39 is 29.7 Å². The number of carbonyl (C=O) groups excluding carboxylic acids is 1. The minimum Gasteiger partial charge on any atom is -0.481 e. The SMILES string of the molecule is CSc1ccc(C(=O)c2c(C)cc3n2CCC3C(=O)O)n1C(F)(F)F. The molecule has 1 aliphatic rings. The van der Waals surface area contributed by atoms with Crippen LogP contribution in [-0.2, 0) is 17.6 Å². The molecule has 0 aromatic carbocycles. The number of ketones is 1. The first-order valence-corrected chi connectivity index (χ1v) is 8.69. The zero-order chi connectivity index (χ0) is 18.5. The second-order valence-corrected chi connectivity index (χ2v) is 6.65. The summed E-state index contributed by atoms with van der Waals surface area (Å²) in [5.74, 6) is -2.50. The van der Waals surface area contributed by atoms with Crippen LogP contribution in [0.5, 0.6) is 0 Å². The van der Waals surface area contributed by atoms with Crippen molar-refractivity contribution in [1.29, 1.82) is 0 Å². The predicted molar refractivity (Wildman–Crippen MR) is 85.1 cm³/mol. The fraction of sp³-hybridized carbons (Fsp3) is 0.375. The molecule has 5 nitrogen and oxygen atoms in total. The van der Waals surface area contributed by atoms with Gasteiger partial charge in [-0.15, -0.1) is 24.9 Å². The number of nitrogens with zero attached hydrogens (tertiary/aromatic N) is 2. The molecule has 0 radical (unpaired) electrons. The number of thioether (sulfide) groups is 1. The summed E-state index contributed by atoms with van der Waals surface area (Å²) >= 11 is 0.898. The Kier molecular flexibility index (Phi) is 4.22. The van der Waals surface area contributed by atoms with Gasteiger partial charge < -0.3 is 9.67 Å². The van der Waals surface area contributed by atoms with Crippen molar-refractivity contribution >= 4 is 23.5 Å². The molecule has 3 heterocycles. The van der Waals surface area contributed by atoms with Crippen molar-refractivity contribution in [2.24, 2.45) is 0 Å². The molecule has 1 unspecified atom stereocenters. The number of fused-ring (bicyclic) bond motifs is 1. The monoisotopic (exact) mass is 372 g/mol. The van der Waals surface area contributed by atoms with Gasteiger partial charge in [-0.05, 0) is 43.4 Å². The van der Waals surface area contributed by atoms with E-state index in [4.69, 9.17) is 0 Å². The lowest BCUT2D eigenvalue weighted by Crippen LogP contribution is -2.24. The lowest BCUT2D eigenvalue weighted by Gasteiger charge is -2.15. The molecule has 0 spiro atoms. The summed E-state index contributed by atoms with van der Waals surface area (Å²) in [7, 11) is 0. The fourth-order valence-electron chi connectivity index (χ4n) is 3.33. The minimum absolute atomic E-state index is 0.0724. The number of aliphatic carboxylic acids is 1. The number of carbonyl (C=O) groups is 2. The second kappa shape index (κ2) is 5.98. The molecule has 134 valence electrons. The number of aryl methyl sites for hydroxylation is 1. The lowest BCUT2D eigenvalue weighted by molar-refractivity contribution is -0.209. The normalized spacial score (nSPS) is 16.9. The van der Waals surface area contributed by atoms with E-state index in [0.717, 1.165) is 17.8 Å². The summed E-state index contributed by atoms with van der Waals surface area (Å²) in [6, 6.07) is 3.99. The van der Waals surface area contributed by atoms with E-state index in [1.54, 1.807) is 13.0 Å². The third-order valence-electron chi connectivity index (χ3n) is 4.37. The van der Waals surface area contributed by atoms with Crippen LogP contribution in [0.4, 0.5) is 13.2 Å². The molecule has 25 heavy (non-hydrogen) atoms. The van der Waals surface area contributed by atoms with Gasteiger partial charge in [0.2, 0.25) is 5.78 Å². The maximum absolute atomic E-state index is 13.4. The minimum atomic E-state index is -4.72. The van der Waals surface area contributed by atoms with Crippen molar-refractivity contribution in [3.63, 3.8) is 0 Å². The summed E-state index contributed by atoms with van der Waals surface area (Å²) in [5.41, 5.74) is 0.588. The van der Waals surface area contributed by atoms with Gasteiger partial charge in [-0.2, -0.15) is 0 Å². The number of halogens is 3. The number of carboxylic acid groups (broad SMARTS) is 1. The van der Waals surface area contributed by atoms with Crippen molar-refractivity contribution < 1.29 is 27.9 Å². The Morgan fingerprint density at radius 1 is 1.32 bits per heavy atom. The van der Waals surface area contributed by atoms with Crippen molar-refractivity contribution in [3.05, 3.63) is 40.8 Å². The zero-order valence-electron chi connectivity index (χ0n) is 13.4. The third kappa shape index (κ3) is 2.76. The van der Waals surface area contributed by atoms with Crippen LogP contribution >= 0.6 is 11.8 Å². The summed E-state index contributed by atoms with van der Waals surface area (Å²) in [5, 5.41) is 9.17. The highest BCUT2D eigenvalue weighted by Crippen LogP contribution is 2.36. The van der Waals surface area contributed by atoms with Gasteiger partial charge in [-0.1, -0.05) is 0 Å². The molecule has 0 fully saturated rings. The van der Waals surface area contributed by atoms with Crippen LogP contribution in [0.15, 0.2) is 23.2 Å². The quantitative estimate of drug-likeness (QED) is 0.658. The average molecular weight is 372 g/mol. The molecule has 1 aliphatic heterocycles. The summed E-state index contributed by atoms with van der Waals surface area (Å²) < 4.78 is 41.8. The Morgan fingerprint density at radius 3 is 2.56 bits per heavy atom. The van der Waals surface area contributed by atoms with Gasteiger partial charge in [-0.25, -0.2) is 4.57 Å². The Labute approximate surface area is 145 Å². The van der Waals surface area contributed by atoms with Gasteiger partial charge >= 0.3 is 12.3 Å². The number of carboxylic acids is 1. The molecule has 2 aromatic rings. The van der Waals surface area contributed by atoms with Crippen LogP contribution < -0.4 is 0 Å². The van der Waals surface area contributed by atoms with Crippen LogP contribution in [0, 0.1) is 6.92 Å². The van der Waals surface area contributed by atoms with Crippen molar-refractivity contribution in [2.45, 2.75) is 37.1 Å². The zero-order valence-corrected chi connectivity index (χ0v) is 14.2. The Hall–Kier alpha value is -2.16. The number of rotatable bonds is 4. The number of alkyl halides is 3. The molecular formula is C16H15F3N2O3S. The van der Waals surface area contributed by atoms with Crippen LogP contribution in [0.1, 0.15) is 39.8 Å². The van der Waals surface area contributed by atoms with Crippen molar-refractivity contribution in [2.75, 3.05) is 6.26 Å². The van der Waals surface area contributed by atoms with Crippen LogP contribution in [-0.4, -0.2) is 32.2 Å². The molecule has 0 aliphatic carbocycles. The Balaban J connectivity index is 2.12. The Bertz CT molecular complexity index is 867. The van der Waals surface area contributed by atoms with Gasteiger partial charge in [0.1, 0.15) is 0 Å². The molecule has 2 aromatic heterocycles. The molecular weight excluding hydrogens is 357 g/mol. The van der Waals surface area contributed by atoms with Crippen LogP contribution in [0.3, 0.4) is 0 Å². The maximum Gasteiger partial charge on any atom is 0.489 e. The summed E-state index contributed by atoms with van der Waals surface area (Å²) in [6.45, 7) is 1.90. The number of hydrogen-bond donors (Lipinski definition) is 1. The highest BCUT2D eigenvalue weighted by Gasteiger charge is 2.39. The molecule has 1 N–H and O–H groups in total. The molecule has 0 saturated heterocycles. The molecule has 1 atom stereocenters. The fourth-order valence-corrected chi connectivity index (χ4v) is 3.92. The molecule has 0 bridgehead atoms. The second-order valence-electron chi connectivity index (χ2n) is 5.83. The summed E-state index contributed by atoms with van der Waals surface area (Å²) in [4.78, 5) is 24.2. The van der Waals surface area contributed by atoms with Crippen molar-refractivity contribution in [3.8, 4) is 0 Å². The van der Waals surface area contributed by atoms with E-state index >= 15 is 0 Å². The summed E-state index contributed by atoms with van der Waals surface area (Å²) in [6.07, 6.45) is -2.89. The standard InChI is InChI=1S/C16H15F3N2O3S/c1-8-7-11-9(15(23)24)5-6-20(11)13(8)14(22)10-3-4-12(25-2)21(10)16(17,18)19/h3-4,7,9H,5-6H2,1-2H3,(H,23,24). The van der Waals surface area contributed by atoms with E-state index in [0.29, 0.717) is 24.2 Å². The smallest absolute Gasteiger partial charge is 0.481 e. The number of hydrogen-bond acceptors (Lipinski definition) is 3. The van der Waals surface area contributed by atoms with E-state index in [9.17, 15) is 27.9 Å². The van der Waals surface area contributed by atoms with Gasteiger partial charge in [0, 0.05) is 12.2 Å². The highest BCUT2D eigenvalue weighted by atomic mass is 32.2. The van der Waals surface area contributed by atoms with E-state index in [1.807, 2.05) is 0 Å². The highest BCUT2D eigenvalue weighted by molar-refractivity contribution is 7.98. The largest absolute Gasteiger partial charge is 0.489 e. The topological polar surface area (TPSA) is 64.2 Å².